The zero-order chi connectivity index (χ0) is 15.2. The lowest BCUT2D eigenvalue weighted by Gasteiger charge is -2.02. The molecular weight excluding hydrogens is 262 g/mol. The predicted octanol–water partition coefficient (Wildman–Crippen LogP) is 4.01. The minimum Gasteiger partial charge on any atom is -0.362 e. The largest absolute Gasteiger partial charge is 0.362 e. The summed E-state index contributed by atoms with van der Waals surface area (Å²) in [4.78, 5) is 23.1. The summed E-state index contributed by atoms with van der Waals surface area (Å²) in [7, 11) is 0. The highest BCUT2D eigenvalue weighted by Crippen LogP contribution is 2.10. The Morgan fingerprint density at radius 3 is 2.05 bits per heavy atom. The Labute approximate surface area is 124 Å². The molecule has 1 N–H and O–H groups in total. The molecule has 0 saturated carbocycles. The maximum absolute atomic E-state index is 11.9. The van der Waals surface area contributed by atoms with Crippen LogP contribution in [0.4, 0.5) is 5.69 Å². The Bertz CT molecular complexity index is 667. The van der Waals surface area contributed by atoms with Gasteiger partial charge in [-0.15, -0.1) is 0 Å². The van der Waals surface area contributed by atoms with E-state index in [0.717, 1.165) is 11.3 Å². The van der Waals surface area contributed by atoms with Crippen LogP contribution in [0.3, 0.4) is 0 Å². The molecule has 3 heteroatoms. The van der Waals surface area contributed by atoms with Crippen molar-refractivity contribution in [1.82, 2.24) is 0 Å². The number of rotatable bonds is 5. The van der Waals surface area contributed by atoms with Gasteiger partial charge in [0.2, 0.25) is 0 Å². The number of carbonyl (C=O) groups excluding carboxylic acids is 2. The van der Waals surface area contributed by atoms with E-state index in [1.807, 2.05) is 31.2 Å². The molecule has 0 bridgehead atoms. The van der Waals surface area contributed by atoms with Crippen LogP contribution in [0.2, 0.25) is 0 Å². The minimum absolute atomic E-state index is 0.0339. The summed E-state index contributed by atoms with van der Waals surface area (Å²) in [5.41, 5.74) is 3.28. The molecule has 106 valence electrons. The molecule has 0 atom stereocenters. The van der Waals surface area contributed by atoms with Crippen LogP contribution in [0.15, 0.2) is 60.8 Å². The number of hydrogen-bond acceptors (Lipinski definition) is 3. The van der Waals surface area contributed by atoms with Gasteiger partial charge in [0.25, 0.3) is 0 Å². The average molecular weight is 279 g/mol. The second kappa shape index (κ2) is 6.66. The van der Waals surface area contributed by atoms with Crippen molar-refractivity contribution < 1.29 is 9.59 Å². The molecule has 2 aromatic rings. The molecule has 0 aliphatic rings. The highest BCUT2D eigenvalue weighted by atomic mass is 16.1. The van der Waals surface area contributed by atoms with Gasteiger partial charge in [0, 0.05) is 29.1 Å². The van der Waals surface area contributed by atoms with Crippen LogP contribution < -0.4 is 5.32 Å². The molecule has 0 aliphatic heterocycles. The minimum atomic E-state index is -0.0529. The van der Waals surface area contributed by atoms with Gasteiger partial charge in [0.15, 0.2) is 11.6 Å². The van der Waals surface area contributed by atoms with Gasteiger partial charge >= 0.3 is 0 Å². The second-order valence-electron chi connectivity index (χ2n) is 4.84. The summed E-state index contributed by atoms with van der Waals surface area (Å²) in [6.07, 6.45) is 3.09. The van der Waals surface area contributed by atoms with Crippen molar-refractivity contribution in [2.75, 3.05) is 5.32 Å². The van der Waals surface area contributed by atoms with E-state index in [9.17, 15) is 9.59 Å². The Morgan fingerprint density at radius 2 is 1.48 bits per heavy atom. The average Bonchev–Trinajstić information content (AvgIpc) is 2.48. The van der Waals surface area contributed by atoms with Crippen molar-refractivity contribution in [3.8, 4) is 0 Å². The molecule has 0 fully saturated rings. The van der Waals surface area contributed by atoms with E-state index in [-0.39, 0.29) is 11.6 Å². The summed E-state index contributed by atoms with van der Waals surface area (Å²) in [5.74, 6) is -0.0190. The van der Waals surface area contributed by atoms with E-state index in [0.29, 0.717) is 11.1 Å². The van der Waals surface area contributed by atoms with Crippen molar-refractivity contribution in [2.24, 2.45) is 0 Å². The van der Waals surface area contributed by atoms with Crippen LogP contribution in [0, 0.1) is 6.92 Å². The molecule has 2 aromatic carbocycles. The highest BCUT2D eigenvalue weighted by molar-refractivity contribution is 6.04. The second-order valence-corrected chi connectivity index (χ2v) is 4.84. The van der Waals surface area contributed by atoms with Crippen LogP contribution in [0.1, 0.15) is 33.2 Å². The Morgan fingerprint density at radius 1 is 0.905 bits per heavy atom. The lowest BCUT2D eigenvalue weighted by Crippen LogP contribution is -1.97. The first-order valence-electron chi connectivity index (χ1n) is 6.71. The SMILES string of the molecule is CC(=O)c1ccc(N/C=C\C(=O)c2ccc(C)cc2)cc1. The van der Waals surface area contributed by atoms with Crippen LogP contribution >= 0.6 is 0 Å². The standard InChI is InChI=1S/C18H17NO2/c1-13-3-5-16(6-4-13)18(21)11-12-19-17-9-7-15(8-10-17)14(2)20/h3-12,19H,1-2H3/b12-11-. The van der Waals surface area contributed by atoms with Crippen molar-refractivity contribution in [1.29, 1.82) is 0 Å². The van der Waals surface area contributed by atoms with Crippen molar-refractivity contribution in [3.63, 3.8) is 0 Å². The quantitative estimate of drug-likeness (QED) is 0.664. The highest BCUT2D eigenvalue weighted by Gasteiger charge is 2.00. The van der Waals surface area contributed by atoms with Crippen molar-refractivity contribution >= 4 is 17.3 Å². The number of benzene rings is 2. The molecule has 0 amide bonds. The monoisotopic (exact) mass is 279 g/mol. The van der Waals surface area contributed by atoms with E-state index in [2.05, 4.69) is 5.32 Å². The van der Waals surface area contributed by atoms with Crippen LogP contribution in [-0.2, 0) is 0 Å². The molecule has 3 nitrogen and oxygen atoms in total. The normalized spacial score (nSPS) is 10.6. The maximum Gasteiger partial charge on any atom is 0.187 e. The number of nitrogens with one attached hydrogen (secondary N) is 1. The van der Waals surface area contributed by atoms with Crippen LogP contribution in [0.25, 0.3) is 0 Å². The van der Waals surface area contributed by atoms with E-state index >= 15 is 0 Å². The van der Waals surface area contributed by atoms with Gasteiger partial charge in [-0.2, -0.15) is 0 Å². The number of ketones is 2. The smallest absolute Gasteiger partial charge is 0.187 e. The van der Waals surface area contributed by atoms with Gasteiger partial charge in [-0.05, 0) is 38.1 Å². The maximum atomic E-state index is 11.9. The topological polar surface area (TPSA) is 46.2 Å². The van der Waals surface area contributed by atoms with E-state index in [4.69, 9.17) is 0 Å². The summed E-state index contributed by atoms with van der Waals surface area (Å²) < 4.78 is 0. The number of allylic oxidation sites excluding steroid dienone is 1. The van der Waals surface area contributed by atoms with Gasteiger partial charge in [-0.1, -0.05) is 29.8 Å². The molecule has 0 radical (unpaired) electrons. The lowest BCUT2D eigenvalue weighted by molar-refractivity contribution is 0.101. The summed E-state index contributed by atoms with van der Waals surface area (Å²) in [6.45, 7) is 3.51. The van der Waals surface area contributed by atoms with E-state index in [1.54, 1.807) is 30.5 Å². The molecular formula is C18H17NO2. The summed E-state index contributed by atoms with van der Waals surface area (Å²) in [6, 6.07) is 14.5. The first-order valence-corrected chi connectivity index (χ1v) is 6.71. The van der Waals surface area contributed by atoms with Crippen LogP contribution in [0.5, 0.6) is 0 Å². The zero-order valence-electron chi connectivity index (χ0n) is 12.1. The number of hydrogen-bond donors (Lipinski definition) is 1. The van der Waals surface area contributed by atoms with Crippen molar-refractivity contribution in [3.05, 3.63) is 77.5 Å². The Balaban J connectivity index is 1.97. The molecule has 2 rings (SSSR count). The first-order chi connectivity index (χ1) is 10.1. The predicted molar refractivity (Wildman–Crippen MR) is 84.7 cm³/mol. The van der Waals surface area contributed by atoms with Gasteiger partial charge in [0.05, 0.1) is 0 Å². The number of anilines is 1. The first kappa shape index (κ1) is 14.7. The Kier molecular flexibility index (Phi) is 4.67. The lowest BCUT2D eigenvalue weighted by atomic mass is 10.1. The molecule has 0 spiro atoms. The van der Waals surface area contributed by atoms with Gasteiger partial charge in [-0.3, -0.25) is 9.59 Å². The van der Waals surface area contributed by atoms with Crippen LogP contribution in [-0.4, -0.2) is 11.6 Å². The van der Waals surface area contributed by atoms with Gasteiger partial charge in [-0.25, -0.2) is 0 Å². The fraction of sp³-hybridized carbons (Fsp3) is 0.111. The molecule has 0 aromatic heterocycles. The zero-order valence-corrected chi connectivity index (χ0v) is 12.1. The van der Waals surface area contributed by atoms with Gasteiger partial charge < -0.3 is 5.32 Å². The molecule has 21 heavy (non-hydrogen) atoms. The third-order valence-electron chi connectivity index (χ3n) is 3.11. The molecule has 0 heterocycles. The number of carbonyl (C=O) groups is 2. The third kappa shape index (κ3) is 4.14. The summed E-state index contributed by atoms with van der Waals surface area (Å²) in [5, 5.41) is 3.01. The fourth-order valence-corrected chi connectivity index (χ4v) is 1.83. The van der Waals surface area contributed by atoms with E-state index < -0.39 is 0 Å². The molecule has 0 saturated heterocycles. The third-order valence-corrected chi connectivity index (χ3v) is 3.11. The Hall–Kier alpha value is -2.68. The van der Waals surface area contributed by atoms with Gasteiger partial charge in [0.1, 0.15) is 0 Å². The van der Waals surface area contributed by atoms with E-state index in [1.165, 1.54) is 13.0 Å². The van der Waals surface area contributed by atoms with Crippen molar-refractivity contribution in [2.45, 2.75) is 13.8 Å². The molecule has 0 unspecified atom stereocenters. The number of Topliss-reactive ketones (excluding diaryl/α,β-unsaturated/α-hetero) is 1. The molecule has 0 aliphatic carbocycles. The number of aryl methyl sites for hydroxylation is 1. The fourth-order valence-electron chi connectivity index (χ4n) is 1.83. The summed E-state index contributed by atoms with van der Waals surface area (Å²) >= 11 is 0.